The number of aromatic nitrogens is 3. The van der Waals surface area contributed by atoms with E-state index >= 15 is 0 Å². The number of thioether (sulfide) groups is 1. The predicted octanol–water partition coefficient (Wildman–Crippen LogP) is 3.21. The second kappa shape index (κ2) is 8.33. The first-order valence-corrected chi connectivity index (χ1v) is 9.63. The van der Waals surface area contributed by atoms with Gasteiger partial charge in [0, 0.05) is 12.5 Å². The molecule has 2 aromatic rings. The van der Waals surface area contributed by atoms with Crippen LogP contribution in [0.2, 0.25) is 0 Å². The van der Waals surface area contributed by atoms with E-state index in [0.717, 1.165) is 36.9 Å². The number of nitrogens with one attached hydrogen (secondary N) is 1. The fourth-order valence-electron chi connectivity index (χ4n) is 2.55. The van der Waals surface area contributed by atoms with E-state index in [1.54, 1.807) is 0 Å². The van der Waals surface area contributed by atoms with Gasteiger partial charge in [0.05, 0.1) is 12.3 Å². The van der Waals surface area contributed by atoms with Crippen molar-refractivity contribution in [1.29, 1.82) is 0 Å². The minimum atomic E-state index is 0.0654. The van der Waals surface area contributed by atoms with Crippen LogP contribution in [-0.4, -0.2) is 33.0 Å². The highest BCUT2D eigenvalue weighted by molar-refractivity contribution is 7.99. The maximum absolute atomic E-state index is 11.9. The van der Waals surface area contributed by atoms with E-state index in [1.807, 2.05) is 18.2 Å². The van der Waals surface area contributed by atoms with Crippen LogP contribution in [0.3, 0.4) is 0 Å². The van der Waals surface area contributed by atoms with Gasteiger partial charge in [0.1, 0.15) is 5.82 Å². The van der Waals surface area contributed by atoms with E-state index in [0.29, 0.717) is 11.7 Å². The average molecular weight is 344 g/mol. The number of rotatable bonds is 9. The van der Waals surface area contributed by atoms with E-state index in [-0.39, 0.29) is 5.91 Å². The van der Waals surface area contributed by atoms with Crippen molar-refractivity contribution in [2.45, 2.75) is 50.2 Å². The maximum Gasteiger partial charge on any atom is 0.230 e. The number of carbonyl (C=O) groups excluding carboxylic acids is 1. The lowest BCUT2D eigenvalue weighted by Crippen LogP contribution is -2.26. The van der Waals surface area contributed by atoms with Crippen molar-refractivity contribution < 1.29 is 4.79 Å². The summed E-state index contributed by atoms with van der Waals surface area (Å²) in [4.78, 5) is 11.9. The summed E-state index contributed by atoms with van der Waals surface area (Å²) in [7, 11) is 0. The van der Waals surface area contributed by atoms with Gasteiger partial charge in [-0.3, -0.25) is 4.79 Å². The summed E-state index contributed by atoms with van der Waals surface area (Å²) in [6, 6.07) is 10.3. The van der Waals surface area contributed by atoms with Gasteiger partial charge in [-0.25, -0.2) is 0 Å². The summed E-state index contributed by atoms with van der Waals surface area (Å²) in [6.07, 6.45) is 4.49. The smallest absolute Gasteiger partial charge is 0.230 e. The van der Waals surface area contributed by atoms with Crippen molar-refractivity contribution >= 4 is 17.7 Å². The van der Waals surface area contributed by atoms with Crippen LogP contribution in [0.1, 0.15) is 49.9 Å². The monoisotopic (exact) mass is 344 g/mol. The van der Waals surface area contributed by atoms with Gasteiger partial charge in [-0.2, -0.15) is 0 Å². The summed E-state index contributed by atoms with van der Waals surface area (Å²) in [5, 5.41) is 12.5. The quantitative estimate of drug-likeness (QED) is 0.560. The normalized spacial score (nSPS) is 13.9. The van der Waals surface area contributed by atoms with Crippen LogP contribution in [-0.2, 0) is 11.3 Å². The number of hydrogen-bond acceptors (Lipinski definition) is 4. The van der Waals surface area contributed by atoms with E-state index in [9.17, 15) is 4.79 Å². The molecule has 1 aromatic carbocycles. The van der Waals surface area contributed by atoms with Gasteiger partial charge in [0.2, 0.25) is 5.91 Å². The molecule has 1 saturated carbocycles. The highest BCUT2D eigenvalue weighted by atomic mass is 32.2. The van der Waals surface area contributed by atoms with Crippen molar-refractivity contribution in [2.75, 3.05) is 12.3 Å². The highest BCUT2D eigenvalue weighted by Crippen LogP contribution is 2.40. The zero-order valence-corrected chi connectivity index (χ0v) is 14.9. The lowest BCUT2D eigenvalue weighted by Gasteiger charge is -2.10. The Bertz CT molecular complexity index is 667. The van der Waals surface area contributed by atoms with Crippen LogP contribution in [0, 0.1) is 0 Å². The third kappa shape index (κ3) is 4.60. The third-order valence-electron chi connectivity index (χ3n) is 4.06. The molecule has 0 saturated heterocycles. The van der Waals surface area contributed by atoms with Gasteiger partial charge < -0.3 is 9.88 Å². The first-order chi connectivity index (χ1) is 11.8. The molecule has 24 heavy (non-hydrogen) atoms. The van der Waals surface area contributed by atoms with Crippen LogP contribution >= 0.6 is 11.8 Å². The van der Waals surface area contributed by atoms with Gasteiger partial charge in [-0.05, 0) is 24.8 Å². The van der Waals surface area contributed by atoms with Crippen molar-refractivity contribution in [3.05, 3.63) is 41.7 Å². The number of carbonyl (C=O) groups is 1. The largest absolute Gasteiger partial charge is 0.355 e. The van der Waals surface area contributed by atoms with Crippen LogP contribution < -0.4 is 5.32 Å². The minimum absolute atomic E-state index is 0.0654. The maximum atomic E-state index is 11.9. The topological polar surface area (TPSA) is 59.8 Å². The van der Waals surface area contributed by atoms with Crippen molar-refractivity contribution in [1.82, 2.24) is 20.1 Å². The molecule has 0 atom stereocenters. The summed E-state index contributed by atoms with van der Waals surface area (Å²) in [6.45, 7) is 3.63. The molecule has 1 aliphatic rings. The average Bonchev–Trinajstić information content (AvgIpc) is 3.37. The molecule has 0 aliphatic heterocycles. The molecule has 1 aromatic heterocycles. The van der Waals surface area contributed by atoms with Gasteiger partial charge in [0.25, 0.3) is 0 Å². The van der Waals surface area contributed by atoms with Crippen LogP contribution in [0.25, 0.3) is 0 Å². The van der Waals surface area contributed by atoms with Gasteiger partial charge in [0.15, 0.2) is 5.16 Å². The molecular weight excluding hydrogens is 320 g/mol. The number of unbranched alkanes of at least 4 members (excludes halogenated alkanes) is 1. The van der Waals surface area contributed by atoms with E-state index < -0.39 is 0 Å². The third-order valence-corrected chi connectivity index (χ3v) is 5.02. The number of hydrogen-bond donors (Lipinski definition) is 1. The van der Waals surface area contributed by atoms with Crippen LogP contribution in [0.15, 0.2) is 35.5 Å². The SMILES string of the molecule is CCCCNC(=O)CSc1nnc(C2CC2)n1Cc1ccccc1. The summed E-state index contributed by atoms with van der Waals surface area (Å²) in [5.74, 6) is 2.05. The zero-order chi connectivity index (χ0) is 16.8. The Morgan fingerprint density at radius 1 is 1.29 bits per heavy atom. The number of benzene rings is 1. The first kappa shape index (κ1) is 17.0. The Hall–Kier alpha value is -1.82. The van der Waals surface area contributed by atoms with Gasteiger partial charge >= 0.3 is 0 Å². The Morgan fingerprint density at radius 3 is 2.79 bits per heavy atom. The molecule has 1 amide bonds. The lowest BCUT2D eigenvalue weighted by molar-refractivity contribution is -0.118. The van der Waals surface area contributed by atoms with E-state index in [2.05, 4.69) is 39.1 Å². The molecule has 1 heterocycles. The lowest BCUT2D eigenvalue weighted by atomic mass is 10.2. The Balaban J connectivity index is 1.65. The van der Waals surface area contributed by atoms with E-state index in [4.69, 9.17) is 0 Å². The predicted molar refractivity (Wildman–Crippen MR) is 96.2 cm³/mol. The van der Waals surface area contributed by atoms with Crippen molar-refractivity contribution in [3.63, 3.8) is 0 Å². The second-order valence-electron chi connectivity index (χ2n) is 6.18. The molecule has 6 heteroatoms. The molecule has 1 N–H and O–H groups in total. The number of nitrogens with zero attached hydrogens (tertiary/aromatic N) is 3. The standard InChI is InChI=1S/C18H24N4OS/c1-2-3-11-19-16(23)13-24-18-21-20-17(15-9-10-15)22(18)12-14-7-5-4-6-8-14/h4-8,15H,2-3,9-13H2,1H3,(H,19,23). The molecule has 5 nitrogen and oxygen atoms in total. The molecule has 0 unspecified atom stereocenters. The summed E-state index contributed by atoms with van der Waals surface area (Å²) < 4.78 is 2.18. The molecule has 1 fully saturated rings. The Kier molecular flexibility index (Phi) is 5.91. The molecule has 0 bridgehead atoms. The van der Waals surface area contributed by atoms with Crippen molar-refractivity contribution in [3.8, 4) is 0 Å². The summed E-state index contributed by atoms with van der Waals surface area (Å²) >= 11 is 1.48. The molecule has 1 aliphatic carbocycles. The Labute approximate surface area is 147 Å². The Morgan fingerprint density at radius 2 is 2.08 bits per heavy atom. The fraction of sp³-hybridized carbons (Fsp3) is 0.500. The number of amides is 1. The van der Waals surface area contributed by atoms with Crippen molar-refractivity contribution in [2.24, 2.45) is 0 Å². The van der Waals surface area contributed by atoms with Gasteiger partial charge in [-0.1, -0.05) is 55.4 Å². The van der Waals surface area contributed by atoms with Crippen LogP contribution in [0.4, 0.5) is 0 Å². The minimum Gasteiger partial charge on any atom is -0.355 e. The highest BCUT2D eigenvalue weighted by Gasteiger charge is 2.30. The molecule has 128 valence electrons. The molecule has 3 rings (SSSR count). The zero-order valence-electron chi connectivity index (χ0n) is 14.1. The summed E-state index contributed by atoms with van der Waals surface area (Å²) in [5.41, 5.74) is 1.23. The van der Waals surface area contributed by atoms with Gasteiger partial charge in [-0.15, -0.1) is 10.2 Å². The second-order valence-corrected chi connectivity index (χ2v) is 7.12. The van der Waals surface area contributed by atoms with Crippen LogP contribution in [0.5, 0.6) is 0 Å². The fourth-order valence-corrected chi connectivity index (χ4v) is 3.33. The first-order valence-electron chi connectivity index (χ1n) is 8.64. The molecular formula is C18H24N4OS. The molecule has 0 spiro atoms. The van der Waals surface area contributed by atoms with E-state index in [1.165, 1.54) is 30.2 Å². The molecule has 0 radical (unpaired) electrons.